The van der Waals surface area contributed by atoms with Crippen LogP contribution in [0.4, 0.5) is 0 Å². The highest BCUT2D eigenvalue weighted by atomic mass is 32.2. The molecule has 1 aromatic rings. The lowest BCUT2D eigenvalue weighted by atomic mass is 10.4. The Hall–Kier alpha value is -0.580. The smallest absolute Gasteiger partial charge is 0.0756 e. The summed E-state index contributed by atoms with van der Waals surface area (Å²) in [6, 6.07) is 3.82. The second kappa shape index (κ2) is 5.13. The van der Waals surface area contributed by atoms with Gasteiger partial charge < -0.3 is 10.8 Å². The van der Waals surface area contributed by atoms with Gasteiger partial charge >= 0.3 is 0 Å². The van der Waals surface area contributed by atoms with Crippen molar-refractivity contribution in [1.82, 2.24) is 4.98 Å². The summed E-state index contributed by atoms with van der Waals surface area (Å²) in [4.78, 5) is 5.00. The van der Waals surface area contributed by atoms with Crippen molar-refractivity contribution in [2.45, 2.75) is 11.0 Å². The minimum absolute atomic E-state index is 0.318. The van der Waals surface area contributed by atoms with Crippen molar-refractivity contribution in [2.75, 3.05) is 12.3 Å². The molecule has 0 bridgehead atoms. The average molecular weight is 184 g/mol. The standard InChI is InChI=1S/C8H12N2OS/c9-5-7(11)6-12-8-1-3-10-4-2-8/h1-4,7,11H,5-6,9H2. The number of nitrogens with two attached hydrogens (primary N) is 1. The fourth-order valence-corrected chi connectivity index (χ4v) is 1.53. The summed E-state index contributed by atoms with van der Waals surface area (Å²) >= 11 is 1.58. The minimum atomic E-state index is -0.414. The van der Waals surface area contributed by atoms with Crippen LogP contribution >= 0.6 is 11.8 Å². The van der Waals surface area contributed by atoms with E-state index in [0.29, 0.717) is 12.3 Å². The molecular formula is C8H12N2OS. The van der Waals surface area contributed by atoms with E-state index < -0.39 is 6.10 Å². The van der Waals surface area contributed by atoms with Gasteiger partial charge in [-0.1, -0.05) is 0 Å². The fraction of sp³-hybridized carbons (Fsp3) is 0.375. The zero-order valence-corrected chi connectivity index (χ0v) is 7.50. The number of rotatable bonds is 4. The van der Waals surface area contributed by atoms with E-state index >= 15 is 0 Å². The quantitative estimate of drug-likeness (QED) is 0.669. The van der Waals surface area contributed by atoms with Gasteiger partial charge in [-0.25, -0.2) is 0 Å². The molecule has 0 amide bonds. The first-order valence-corrected chi connectivity index (χ1v) is 4.72. The van der Waals surface area contributed by atoms with Gasteiger partial charge in [0.2, 0.25) is 0 Å². The third-order valence-corrected chi connectivity index (χ3v) is 2.52. The van der Waals surface area contributed by atoms with Crippen LogP contribution < -0.4 is 5.73 Å². The number of hydrogen-bond acceptors (Lipinski definition) is 4. The van der Waals surface area contributed by atoms with Crippen molar-refractivity contribution >= 4 is 11.8 Å². The van der Waals surface area contributed by atoms with Crippen LogP contribution in [0.15, 0.2) is 29.4 Å². The molecule has 4 heteroatoms. The van der Waals surface area contributed by atoms with E-state index in [1.807, 2.05) is 12.1 Å². The van der Waals surface area contributed by atoms with Crippen LogP contribution in [0.1, 0.15) is 0 Å². The Kier molecular flexibility index (Phi) is 4.07. The Labute approximate surface area is 76.0 Å². The molecule has 1 rings (SSSR count). The molecule has 0 aromatic carbocycles. The molecule has 0 saturated heterocycles. The predicted molar refractivity (Wildman–Crippen MR) is 50.0 cm³/mol. The van der Waals surface area contributed by atoms with Crippen LogP contribution in [-0.2, 0) is 0 Å². The van der Waals surface area contributed by atoms with Crippen molar-refractivity contribution in [1.29, 1.82) is 0 Å². The van der Waals surface area contributed by atoms with Crippen LogP contribution in [0, 0.1) is 0 Å². The lowest BCUT2D eigenvalue weighted by Gasteiger charge is -2.05. The highest BCUT2D eigenvalue weighted by molar-refractivity contribution is 7.99. The van der Waals surface area contributed by atoms with Gasteiger partial charge in [-0.2, -0.15) is 0 Å². The maximum Gasteiger partial charge on any atom is 0.0756 e. The van der Waals surface area contributed by atoms with Gasteiger partial charge in [-0.3, -0.25) is 4.98 Å². The van der Waals surface area contributed by atoms with Gasteiger partial charge in [0.25, 0.3) is 0 Å². The molecule has 3 N–H and O–H groups in total. The van der Waals surface area contributed by atoms with E-state index in [2.05, 4.69) is 4.98 Å². The number of aliphatic hydroxyl groups is 1. The highest BCUT2D eigenvalue weighted by Crippen LogP contribution is 2.16. The number of aliphatic hydroxyl groups excluding tert-OH is 1. The number of pyridine rings is 1. The van der Waals surface area contributed by atoms with E-state index in [9.17, 15) is 0 Å². The Morgan fingerprint density at radius 2 is 2.17 bits per heavy atom. The molecule has 1 atom stereocenters. The Morgan fingerprint density at radius 1 is 1.50 bits per heavy atom. The second-order valence-electron chi connectivity index (χ2n) is 2.38. The number of hydrogen-bond donors (Lipinski definition) is 2. The third kappa shape index (κ3) is 3.21. The monoisotopic (exact) mass is 184 g/mol. The first-order valence-electron chi connectivity index (χ1n) is 3.74. The van der Waals surface area contributed by atoms with E-state index in [1.54, 1.807) is 24.2 Å². The summed E-state index contributed by atoms with van der Waals surface area (Å²) in [5.74, 6) is 0.639. The second-order valence-corrected chi connectivity index (χ2v) is 3.48. The van der Waals surface area contributed by atoms with Gasteiger partial charge in [0.05, 0.1) is 6.10 Å². The third-order valence-electron chi connectivity index (χ3n) is 1.36. The first-order chi connectivity index (χ1) is 5.83. The van der Waals surface area contributed by atoms with Crippen LogP contribution in [0.25, 0.3) is 0 Å². The molecule has 66 valence electrons. The molecule has 0 aliphatic carbocycles. The lowest BCUT2D eigenvalue weighted by Crippen LogP contribution is -2.21. The summed E-state index contributed by atoms with van der Waals surface area (Å²) in [6.07, 6.45) is 3.05. The van der Waals surface area contributed by atoms with Crippen molar-refractivity contribution in [3.63, 3.8) is 0 Å². The summed E-state index contributed by atoms with van der Waals surface area (Å²) in [6.45, 7) is 0.318. The topological polar surface area (TPSA) is 59.1 Å². The van der Waals surface area contributed by atoms with Crippen LogP contribution in [0.3, 0.4) is 0 Å². The van der Waals surface area contributed by atoms with Crippen LogP contribution in [-0.4, -0.2) is 28.5 Å². The number of nitrogens with zero attached hydrogens (tertiary/aromatic N) is 1. The summed E-state index contributed by atoms with van der Waals surface area (Å²) < 4.78 is 0. The van der Waals surface area contributed by atoms with Gasteiger partial charge in [-0.15, -0.1) is 11.8 Å². The maximum atomic E-state index is 9.16. The largest absolute Gasteiger partial charge is 0.391 e. The van der Waals surface area contributed by atoms with Crippen LogP contribution in [0.2, 0.25) is 0 Å². The molecule has 0 saturated carbocycles. The fourth-order valence-electron chi connectivity index (χ4n) is 0.695. The molecule has 0 radical (unpaired) electrons. The average Bonchev–Trinajstić information content (AvgIpc) is 2.16. The van der Waals surface area contributed by atoms with E-state index in [4.69, 9.17) is 10.8 Å². The molecule has 3 nitrogen and oxygen atoms in total. The SMILES string of the molecule is NCC(O)CSc1ccncc1. The molecular weight excluding hydrogens is 172 g/mol. The summed E-state index contributed by atoms with van der Waals surface area (Å²) in [5, 5.41) is 9.16. The Balaban J connectivity index is 2.33. The Morgan fingerprint density at radius 3 is 2.75 bits per heavy atom. The molecule has 0 fully saturated rings. The van der Waals surface area contributed by atoms with Crippen molar-refractivity contribution in [2.24, 2.45) is 5.73 Å². The molecule has 0 aliphatic rings. The molecule has 1 unspecified atom stereocenters. The predicted octanol–water partition coefficient (Wildman–Crippen LogP) is 0.493. The van der Waals surface area contributed by atoms with Gasteiger partial charge in [0, 0.05) is 29.6 Å². The zero-order valence-electron chi connectivity index (χ0n) is 6.68. The zero-order chi connectivity index (χ0) is 8.81. The summed E-state index contributed by atoms with van der Waals surface area (Å²) in [7, 11) is 0. The first kappa shape index (κ1) is 9.51. The van der Waals surface area contributed by atoms with E-state index in [-0.39, 0.29) is 0 Å². The molecule has 1 aromatic heterocycles. The Bertz CT molecular complexity index is 218. The van der Waals surface area contributed by atoms with Gasteiger partial charge in [0.1, 0.15) is 0 Å². The van der Waals surface area contributed by atoms with Gasteiger partial charge in [0.15, 0.2) is 0 Å². The molecule has 1 heterocycles. The maximum absolute atomic E-state index is 9.16. The molecule has 0 aliphatic heterocycles. The lowest BCUT2D eigenvalue weighted by molar-refractivity contribution is 0.208. The highest BCUT2D eigenvalue weighted by Gasteiger charge is 2.00. The van der Waals surface area contributed by atoms with Crippen molar-refractivity contribution < 1.29 is 5.11 Å². The number of thioether (sulfide) groups is 1. The molecule has 0 spiro atoms. The van der Waals surface area contributed by atoms with Gasteiger partial charge in [-0.05, 0) is 12.1 Å². The normalized spacial score (nSPS) is 12.8. The number of aromatic nitrogens is 1. The minimum Gasteiger partial charge on any atom is -0.391 e. The van der Waals surface area contributed by atoms with E-state index in [1.165, 1.54) is 0 Å². The van der Waals surface area contributed by atoms with Crippen LogP contribution in [0.5, 0.6) is 0 Å². The van der Waals surface area contributed by atoms with Crippen molar-refractivity contribution in [3.05, 3.63) is 24.5 Å². The summed E-state index contributed by atoms with van der Waals surface area (Å²) in [5.41, 5.74) is 5.26. The van der Waals surface area contributed by atoms with Crippen molar-refractivity contribution in [3.8, 4) is 0 Å². The molecule has 12 heavy (non-hydrogen) atoms. The van der Waals surface area contributed by atoms with E-state index in [0.717, 1.165) is 4.90 Å².